The Morgan fingerprint density at radius 3 is 3.00 bits per heavy atom. The molecule has 1 aliphatic heterocycles. The molecule has 2 heterocycles. The van der Waals surface area contributed by atoms with Gasteiger partial charge in [-0.15, -0.1) is 0 Å². The molecule has 0 aromatic carbocycles. The zero-order chi connectivity index (χ0) is 11.7. The van der Waals surface area contributed by atoms with Gasteiger partial charge in [-0.2, -0.15) is 0 Å². The molecule has 16 heavy (non-hydrogen) atoms. The maximum Gasteiger partial charge on any atom is 0.258 e. The van der Waals surface area contributed by atoms with E-state index in [-0.39, 0.29) is 17.0 Å². The van der Waals surface area contributed by atoms with E-state index in [2.05, 4.69) is 0 Å². The highest BCUT2D eigenvalue weighted by atomic mass is 35.5. The van der Waals surface area contributed by atoms with Gasteiger partial charge in [0.25, 0.3) is 5.91 Å². The van der Waals surface area contributed by atoms with Crippen molar-refractivity contribution in [3.8, 4) is 0 Å². The quantitative estimate of drug-likeness (QED) is 0.818. The molecule has 1 fully saturated rings. The summed E-state index contributed by atoms with van der Waals surface area (Å²) in [6, 6.07) is 1.55. The molecular formula is C11H14ClNO3. The van der Waals surface area contributed by atoms with Crippen LogP contribution in [0.3, 0.4) is 0 Å². The third-order valence-electron chi connectivity index (χ3n) is 3.05. The summed E-state index contributed by atoms with van der Waals surface area (Å²) in [6.45, 7) is 3.00. The average molecular weight is 244 g/mol. The fourth-order valence-corrected chi connectivity index (χ4v) is 2.05. The number of hydrogen-bond acceptors (Lipinski definition) is 3. The molecular weight excluding hydrogens is 230 g/mol. The molecule has 2 rings (SSSR count). The Labute approximate surface area is 98.8 Å². The molecule has 1 aromatic heterocycles. The Morgan fingerprint density at radius 2 is 2.44 bits per heavy atom. The van der Waals surface area contributed by atoms with Gasteiger partial charge in [-0.25, -0.2) is 0 Å². The van der Waals surface area contributed by atoms with Crippen LogP contribution in [0.5, 0.6) is 0 Å². The monoisotopic (exact) mass is 243 g/mol. The second kappa shape index (κ2) is 4.47. The van der Waals surface area contributed by atoms with Crippen LogP contribution < -0.4 is 0 Å². The largest absolute Gasteiger partial charge is 0.452 e. The molecule has 1 amide bonds. The molecule has 0 aliphatic carbocycles. The van der Waals surface area contributed by atoms with Crippen LogP contribution in [-0.4, -0.2) is 35.1 Å². The number of hydrogen-bond donors (Lipinski definition) is 1. The zero-order valence-electron chi connectivity index (χ0n) is 9.02. The van der Waals surface area contributed by atoms with E-state index in [1.54, 1.807) is 11.0 Å². The molecule has 2 unspecified atom stereocenters. The van der Waals surface area contributed by atoms with Gasteiger partial charge in [-0.05, 0) is 30.0 Å². The second-order valence-electron chi connectivity index (χ2n) is 4.19. The number of amides is 1. The maximum absolute atomic E-state index is 12.0. The summed E-state index contributed by atoms with van der Waals surface area (Å²) in [5.74, 6) is 0.0635. The predicted octanol–water partition coefficient (Wildman–Crippen LogP) is 1.78. The van der Waals surface area contributed by atoms with Crippen LogP contribution >= 0.6 is 11.6 Å². The van der Waals surface area contributed by atoms with Crippen LogP contribution in [0.25, 0.3) is 0 Å². The molecule has 5 heteroatoms. The van der Waals surface area contributed by atoms with E-state index in [0.29, 0.717) is 18.7 Å². The van der Waals surface area contributed by atoms with E-state index in [0.717, 1.165) is 6.42 Å². The lowest BCUT2D eigenvalue weighted by atomic mass is 9.96. The van der Waals surface area contributed by atoms with Gasteiger partial charge in [0.05, 0.1) is 17.9 Å². The van der Waals surface area contributed by atoms with Crippen molar-refractivity contribution in [1.82, 2.24) is 4.90 Å². The third-order valence-corrected chi connectivity index (χ3v) is 3.35. The number of rotatable bonds is 1. The fourth-order valence-electron chi connectivity index (χ4n) is 1.85. The molecule has 2 atom stereocenters. The van der Waals surface area contributed by atoms with Gasteiger partial charge < -0.3 is 14.4 Å². The first-order valence-corrected chi connectivity index (χ1v) is 5.67. The highest BCUT2D eigenvalue weighted by molar-refractivity contribution is 6.32. The van der Waals surface area contributed by atoms with Crippen LogP contribution in [-0.2, 0) is 0 Å². The predicted molar refractivity (Wildman–Crippen MR) is 59.4 cm³/mol. The van der Waals surface area contributed by atoms with Gasteiger partial charge >= 0.3 is 0 Å². The maximum atomic E-state index is 12.0. The second-order valence-corrected chi connectivity index (χ2v) is 4.54. The van der Waals surface area contributed by atoms with Crippen molar-refractivity contribution in [2.45, 2.75) is 19.4 Å². The Kier molecular flexibility index (Phi) is 3.21. The molecule has 1 saturated heterocycles. The number of halogens is 1. The van der Waals surface area contributed by atoms with Crippen molar-refractivity contribution in [1.29, 1.82) is 0 Å². The number of carbonyl (C=O) groups excluding carboxylic acids is 1. The first-order valence-electron chi connectivity index (χ1n) is 5.30. The summed E-state index contributed by atoms with van der Waals surface area (Å²) in [7, 11) is 0. The summed E-state index contributed by atoms with van der Waals surface area (Å²) in [4.78, 5) is 13.6. The number of aliphatic hydroxyl groups is 1. The Bertz CT molecular complexity index is 390. The molecule has 0 bridgehead atoms. The number of aliphatic hydroxyl groups excluding tert-OH is 1. The van der Waals surface area contributed by atoms with Crippen molar-refractivity contribution < 1.29 is 14.3 Å². The highest BCUT2D eigenvalue weighted by Crippen LogP contribution is 2.22. The van der Waals surface area contributed by atoms with Gasteiger partial charge in [-0.1, -0.05) is 6.92 Å². The van der Waals surface area contributed by atoms with Crippen molar-refractivity contribution >= 4 is 17.5 Å². The van der Waals surface area contributed by atoms with Gasteiger partial charge in [0.15, 0.2) is 0 Å². The minimum Gasteiger partial charge on any atom is -0.452 e. The number of piperidine rings is 1. The van der Waals surface area contributed by atoms with E-state index in [1.807, 2.05) is 6.92 Å². The van der Waals surface area contributed by atoms with Crippen molar-refractivity contribution in [3.05, 3.63) is 23.1 Å². The van der Waals surface area contributed by atoms with Gasteiger partial charge in [0, 0.05) is 13.1 Å². The lowest BCUT2D eigenvalue weighted by Crippen LogP contribution is -2.45. The number of furan rings is 1. The third kappa shape index (κ3) is 2.08. The van der Waals surface area contributed by atoms with E-state index in [1.165, 1.54) is 6.26 Å². The van der Waals surface area contributed by atoms with Crippen LogP contribution in [0.1, 0.15) is 23.7 Å². The van der Waals surface area contributed by atoms with Crippen molar-refractivity contribution in [2.75, 3.05) is 13.1 Å². The van der Waals surface area contributed by atoms with Crippen LogP contribution in [0.4, 0.5) is 0 Å². The summed E-state index contributed by atoms with van der Waals surface area (Å²) in [5, 5.41) is 9.82. The molecule has 0 spiro atoms. The standard InChI is InChI=1S/C11H14ClNO3/c1-7-2-4-13(6-9(7)14)11(15)8-3-5-16-10(8)12/h3,5,7,9,14H,2,4,6H2,1H3. The molecule has 0 radical (unpaired) electrons. The van der Waals surface area contributed by atoms with E-state index < -0.39 is 6.10 Å². The summed E-state index contributed by atoms with van der Waals surface area (Å²) < 4.78 is 4.88. The first-order chi connectivity index (χ1) is 7.59. The summed E-state index contributed by atoms with van der Waals surface area (Å²) >= 11 is 5.74. The molecule has 1 aromatic rings. The van der Waals surface area contributed by atoms with Gasteiger partial charge in [0.1, 0.15) is 0 Å². The lowest BCUT2D eigenvalue weighted by Gasteiger charge is -2.34. The SMILES string of the molecule is CC1CCN(C(=O)c2ccoc2Cl)CC1O. The van der Waals surface area contributed by atoms with Crippen molar-refractivity contribution in [3.63, 3.8) is 0 Å². The normalized spacial score (nSPS) is 25.8. The Balaban J connectivity index is 2.09. The van der Waals surface area contributed by atoms with E-state index >= 15 is 0 Å². The molecule has 88 valence electrons. The molecule has 1 N–H and O–H groups in total. The van der Waals surface area contributed by atoms with Gasteiger partial charge in [0.2, 0.25) is 5.22 Å². The number of nitrogens with zero attached hydrogens (tertiary/aromatic N) is 1. The fraction of sp³-hybridized carbons (Fsp3) is 0.545. The average Bonchev–Trinajstić information content (AvgIpc) is 2.67. The molecule has 4 nitrogen and oxygen atoms in total. The van der Waals surface area contributed by atoms with Crippen LogP contribution in [0, 0.1) is 5.92 Å². The van der Waals surface area contributed by atoms with E-state index in [9.17, 15) is 9.90 Å². The summed E-state index contributed by atoms with van der Waals surface area (Å²) in [6.07, 6.45) is 1.74. The molecule has 0 saturated carbocycles. The van der Waals surface area contributed by atoms with Crippen molar-refractivity contribution in [2.24, 2.45) is 5.92 Å². The smallest absolute Gasteiger partial charge is 0.258 e. The first kappa shape index (κ1) is 11.5. The molecule has 1 aliphatic rings. The van der Waals surface area contributed by atoms with Crippen LogP contribution in [0.2, 0.25) is 5.22 Å². The number of likely N-dealkylation sites (tertiary alicyclic amines) is 1. The minimum atomic E-state index is -0.455. The lowest BCUT2D eigenvalue weighted by molar-refractivity contribution is 0.0248. The van der Waals surface area contributed by atoms with Gasteiger partial charge in [-0.3, -0.25) is 4.79 Å². The zero-order valence-corrected chi connectivity index (χ0v) is 9.78. The highest BCUT2D eigenvalue weighted by Gasteiger charge is 2.29. The Hall–Kier alpha value is -1.00. The van der Waals surface area contributed by atoms with E-state index in [4.69, 9.17) is 16.0 Å². The number of β-amino-alcohol motifs (C(OH)–C–C–N with tert-alkyl or cyclic N) is 1. The number of carbonyl (C=O) groups is 1. The topological polar surface area (TPSA) is 53.7 Å². The van der Waals surface area contributed by atoms with Crippen LogP contribution in [0.15, 0.2) is 16.7 Å². The summed E-state index contributed by atoms with van der Waals surface area (Å²) in [5.41, 5.74) is 0.364. The minimum absolute atomic E-state index is 0.109. The Morgan fingerprint density at radius 1 is 1.69 bits per heavy atom.